The molecule has 0 bridgehead atoms. The number of fused-ring (bicyclic) bond motifs is 1. The van der Waals surface area contributed by atoms with E-state index in [1.165, 1.54) is 0 Å². The summed E-state index contributed by atoms with van der Waals surface area (Å²) in [5.41, 5.74) is 0. The predicted octanol–water partition coefficient (Wildman–Crippen LogP) is 1.27. The van der Waals surface area contributed by atoms with Gasteiger partial charge in [-0.25, -0.2) is 13.4 Å². The van der Waals surface area contributed by atoms with Crippen LogP contribution in [-0.2, 0) is 9.84 Å². The fourth-order valence-electron chi connectivity index (χ4n) is 3.03. The van der Waals surface area contributed by atoms with Crippen molar-refractivity contribution in [3.05, 3.63) is 18.2 Å². The van der Waals surface area contributed by atoms with Crippen LogP contribution in [0.3, 0.4) is 0 Å². The van der Waals surface area contributed by atoms with Crippen LogP contribution in [0, 0.1) is 0 Å². The van der Waals surface area contributed by atoms with Gasteiger partial charge in [-0.05, 0) is 32.9 Å². The van der Waals surface area contributed by atoms with Crippen LogP contribution in [0.2, 0.25) is 0 Å². The Hall–Kier alpha value is -2.16. The van der Waals surface area contributed by atoms with E-state index < -0.39 is 14.6 Å². The van der Waals surface area contributed by atoms with Gasteiger partial charge >= 0.3 is 0 Å². The van der Waals surface area contributed by atoms with Crippen molar-refractivity contribution in [1.29, 1.82) is 0 Å². The molecule has 0 unspecified atom stereocenters. The van der Waals surface area contributed by atoms with E-state index in [9.17, 15) is 8.42 Å². The Morgan fingerprint density at radius 3 is 2.85 bits per heavy atom. The van der Waals surface area contributed by atoms with Crippen LogP contribution in [0.5, 0.6) is 17.2 Å². The van der Waals surface area contributed by atoms with Gasteiger partial charge in [0.05, 0.1) is 17.0 Å². The normalized spacial score (nSPS) is 20.4. The van der Waals surface area contributed by atoms with Crippen molar-refractivity contribution < 1.29 is 22.6 Å². The summed E-state index contributed by atoms with van der Waals surface area (Å²) in [7, 11) is -3.08. The van der Waals surface area contributed by atoms with Gasteiger partial charge in [0.2, 0.25) is 6.79 Å². The summed E-state index contributed by atoms with van der Waals surface area (Å²) in [5, 5.41) is 3.24. The molecule has 0 aromatic heterocycles. The van der Waals surface area contributed by atoms with E-state index in [-0.39, 0.29) is 12.5 Å². The molecule has 0 saturated carbocycles. The first-order chi connectivity index (χ1) is 12.8. The maximum Gasteiger partial charge on any atom is 0.231 e. The number of hydrogen-bond acceptors (Lipinski definition) is 6. The highest BCUT2D eigenvalue weighted by Gasteiger charge is 2.40. The monoisotopic (exact) mass is 397 g/mol. The lowest BCUT2D eigenvalue weighted by atomic mass is 10.2. The van der Waals surface area contributed by atoms with Crippen LogP contribution in [0.4, 0.5) is 0 Å². The highest BCUT2D eigenvalue weighted by molar-refractivity contribution is 7.92. The minimum absolute atomic E-state index is 0.137. The molecular weight excluding hydrogens is 370 g/mol. The number of rotatable bonds is 5. The number of hydrogen-bond donors (Lipinski definition) is 1. The van der Waals surface area contributed by atoms with Crippen molar-refractivity contribution in [1.82, 2.24) is 10.2 Å². The van der Waals surface area contributed by atoms with E-state index in [0.717, 1.165) is 11.7 Å². The quantitative estimate of drug-likeness (QED) is 0.455. The number of ether oxygens (including phenoxy) is 3. The Morgan fingerprint density at radius 1 is 1.33 bits per heavy atom. The molecule has 3 rings (SSSR count). The third kappa shape index (κ3) is 4.40. The lowest BCUT2D eigenvalue weighted by Crippen LogP contribution is -2.57. The molecule has 2 aliphatic heterocycles. The van der Waals surface area contributed by atoms with E-state index >= 15 is 0 Å². The number of aliphatic imine (C=N–C) groups is 1. The van der Waals surface area contributed by atoms with Crippen LogP contribution < -0.4 is 19.5 Å². The molecule has 1 aromatic rings. The number of nitrogens with zero attached hydrogens (tertiary/aromatic N) is 2. The fraction of sp³-hybridized carbons (Fsp3) is 0.611. The van der Waals surface area contributed by atoms with Gasteiger partial charge in [-0.3, -0.25) is 0 Å². The number of benzene rings is 1. The summed E-state index contributed by atoms with van der Waals surface area (Å²) in [5.74, 6) is 2.95. The number of sulfone groups is 1. The Kier molecular flexibility index (Phi) is 5.69. The van der Waals surface area contributed by atoms with Gasteiger partial charge in [-0.2, -0.15) is 0 Å². The average molecular weight is 397 g/mol. The van der Waals surface area contributed by atoms with Crippen LogP contribution in [-0.4, -0.2) is 69.4 Å². The van der Waals surface area contributed by atoms with Crippen molar-refractivity contribution >= 4 is 15.8 Å². The minimum atomic E-state index is -3.08. The first-order valence-electron chi connectivity index (χ1n) is 9.10. The molecule has 1 saturated heterocycles. The SMILES string of the molecule is CCNC(=NCCOc1ccc2c(c1)OCO2)N1CCS(=O)(=O)C(C)(C)C1. The summed E-state index contributed by atoms with van der Waals surface area (Å²) < 4.78 is 40.0. The summed E-state index contributed by atoms with van der Waals surface area (Å²) in [6.07, 6.45) is 0. The molecule has 9 heteroatoms. The molecule has 1 aromatic carbocycles. The van der Waals surface area contributed by atoms with E-state index in [1.807, 2.05) is 24.0 Å². The van der Waals surface area contributed by atoms with Crippen LogP contribution in [0.15, 0.2) is 23.2 Å². The summed E-state index contributed by atoms with van der Waals surface area (Å²) in [6.45, 7) is 8.20. The van der Waals surface area contributed by atoms with Gasteiger partial charge in [-0.15, -0.1) is 0 Å². The summed E-state index contributed by atoms with van der Waals surface area (Å²) in [4.78, 5) is 6.60. The Labute approximate surface area is 160 Å². The number of nitrogens with one attached hydrogen (secondary N) is 1. The molecule has 2 heterocycles. The molecule has 27 heavy (non-hydrogen) atoms. The van der Waals surface area contributed by atoms with E-state index in [1.54, 1.807) is 19.9 Å². The predicted molar refractivity (Wildman–Crippen MR) is 103 cm³/mol. The fourth-order valence-corrected chi connectivity index (χ4v) is 4.40. The molecule has 0 radical (unpaired) electrons. The van der Waals surface area contributed by atoms with Gasteiger partial charge in [0.1, 0.15) is 12.4 Å². The average Bonchev–Trinajstić information content (AvgIpc) is 3.08. The third-order valence-electron chi connectivity index (χ3n) is 4.64. The van der Waals surface area contributed by atoms with Crippen molar-refractivity contribution in [3.8, 4) is 17.2 Å². The second kappa shape index (κ2) is 7.84. The summed E-state index contributed by atoms with van der Waals surface area (Å²) in [6, 6.07) is 5.46. The van der Waals surface area contributed by atoms with E-state index in [0.29, 0.717) is 44.3 Å². The molecule has 1 fully saturated rings. The van der Waals surface area contributed by atoms with Gasteiger partial charge < -0.3 is 24.4 Å². The molecule has 8 nitrogen and oxygen atoms in total. The standard InChI is InChI=1S/C18H27N3O5S/c1-4-19-17(21-8-10-27(22,23)18(2,3)12-21)20-7-9-24-14-5-6-15-16(11-14)26-13-25-15/h5-6,11H,4,7-10,12-13H2,1-3H3,(H,19,20). The Balaban J connectivity index is 1.58. The highest BCUT2D eigenvalue weighted by atomic mass is 32.2. The van der Waals surface area contributed by atoms with Gasteiger partial charge in [0.15, 0.2) is 27.3 Å². The molecule has 2 aliphatic rings. The zero-order valence-corrected chi connectivity index (χ0v) is 16.8. The van der Waals surface area contributed by atoms with Crippen molar-refractivity contribution in [2.45, 2.75) is 25.5 Å². The van der Waals surface area contributed by atoms with Crippen LogP contribution >= 0.6 is 0 Å². The second-order valence-electron chi connectivity index (χ2n) is 7.10. The minimum Gasteiger partial charge on any atom is -0.492 e. The molecule has 1 N–H and O–H groups in total. The molecule has 0 spiro atoms. The van der Waals surface area contributed by atoms with Crippen molar-refractivity contribution in [3.63, 3.8) is 0 Å². The van der Waals surface area contributed by atoms with Crippen LogP contribution in [0.1, 0.15) is 20.8 Å². The topological polar surface area (TPSA) is 89.5 Å². The van der Waals surface area contributed by atoms with E-state index in [2.05, 4.69) is 10.3 Å². The van der Waals surface area contributed by atoms with Crippen molar-refractivity contribution in [2.24, 2.45) is 4.99 Å². The maximum absolute atomic E-state index is 12.2. The molecular formula is C18H27N3O5S. The summed E-state index contributed by atoms with van der Waals surface area (Å²) >= 11 is 0. The first kappa shape index (κ1) is 19.6. The zero-order chi connectivity index (χ0) is 19.5. The van der Waals surface area contributed by atoms with Crippen molar-refractivity contribution in [2.75, 3.05) is 45.3 Å². The van der Waals surface area contributed by atoms with Crippen LogP contribution in [0.25, 0.3) is 0 Å². The van der Waals surface area contributed by atoms with E-state index in [4.69, 9.17) is 14.2 Å². The third-order valence-corrected chi connectivity index (χ3v) is 7.18. The lowest BCUT2D eigenvalue weighted by Gasteiger charge is -2.39. The Bertz CT molecular complexity index is 807. The van der Waals surface area contributed by atoms with Gasteiger partial charge in [0.25, 0.3) is 0 Å². The molecule has 0 atom stereocenters. The largest absolute Gasteiger partial charge is 0.492 e. The smallest absolute Gasteiger partial charge is 0.231 e. The molecule has 150 valence electrons. The lowest BCUT2D eigenvalue weighted by molar-refractivity contribution is 0.173. The zero-order valence-electron chi connectivity index (χ0n) is 16.0. The first-order valence-corrected chi connectivity index (χ1v) is 10.8. The van der Waals surface area contributed by atoms with Gasteiger partial charge in [0, 0.05) is 25.7 Å². The second-order valence-corrected chi connectivity index (χ2v) is 9.84. The number of guanidine groups is 1. The molecule has 0 aliphatic carbocycles. The van der Waals surface area contributed by atoms with Gasteiger partial charge in [-0.1, -0.05) is 0 Å². The Morgan fingerprint density at radius 2 is 2.11 bits per heavy atom. The maximum atomic E-state index is 12.2. The molecule has 0 amide bonds. The highest BCUT2D eigenvalue weighted by Crippen LogP contribution is 2.35.